The van der Waals surface area contributed by atoms with Gasteiger partial charge in [-0.3, -0.25) is 9.59 Å². The van der Waals surface area contributed by atoms with Crippen LogP contribution in [0.15, 0.2) is 53.4 Å². The third-order valence-electron chi connectivity index (χ3n) is 6.73. The molecule has 1 atom stereocenters. The molecule has 2 aliphatic rings. The minimum Gasteiger partial charge on any atom is -0.351 e. The summed E-state index contributed by atoms with van der Waals surface area (Å²) in [6.45, 7) is 6.34. The van der Waals surface area contributed by atoms with Gasteiger partial charge in [0.25, 0.3) is 0 Å². The van der Waals surface area contributed by atoms with E-state index in [1.165, 1.54) is 21.7 Å². The van der Waals surface area contributed by atoms with Crippen molar-refractivity contribution in [1.29, 1.82) is 0 Å². The van der Waals surface area contributed by atoms with Crippen LogP contribution in [0, 0.1) is 0 Å². The molecular weight excluding hydrogens is 450 g/mol. The summed E-state index contributed by atoms with van der Waals surface area (Å²) in [6, 6.07) is 14.0. The van der Waals surface area contributed by atoms with Crippen LogP contribution in [-0.4, -0.2) is 55.1 Å². The van der Waals surface area contributed by atoms with Crippen molar-refractivity contribution in [3.63, 3.8) is 0 Å². The number of amides is 2. The number of hydrogen-bond acceptors (Lipinski definition) is 4. The van der Waals surface area contributed by atoms with Crippen molar-refractivity contribution in [3.05, 3.63) is 65.2 Å². The van der Waals surface area contributed by atoms with E-state index in [4.69, 9.17) is 0 Å². The Bertz CT molecular complexity index is 1140. The van der Waals surface area contributed by atoms with E-state index in [9.17, 15) is 18.0 Å². The zero-order valence-corrected chi connectivity index (χ0v) is 20.8. The lowest BCUT2D eigenvalue weighted by atomic mass is 10.0. The van der Waals surface area contributed by atoms with Gasteiger partial charge in [0.1, 0.15) is 6.04 Å². The number of benzene rings is 2. The lowest BCUT2D eigenvalue weighted by Crippen LogP contribution is -2.61. The van der Waals surface area contributed by atoms with Gasteiger partial charge in [-0.2, -0.15) is 4.31 Å². The highest BCUT2D eigenvalue weighted by atomic mass is 32.2. The minimum atomic E-state index is -3.89. The standard InChI is InChI=1S/C26H33N3O4S/c1-18(2)21-6-4-20(5-7-21)16-27-26(31)25-17-28(19(3)30)14-15-29(25)34(32,33)24-12-10-23(11-13-24)22-8-9-22/h4-7,10-13,18,22,25H,8-9,14-17H2,1-3H3,(H,27,31)/t25-/m1/s1. The van der Waals surface area contributed by atoms with Gasteiger partial charge >= 0.3 is 0 Å². The molecule has 1 N–H and O–H groups in total. The highest BCUT2D eigenvalue weighted by Crippen LogP contribution is 2.40. The first-order valence-corrected chi connectivity index (χ1v) is 13.3. The van der Waals surface area contributed by atoms with E-state index in [1.807, 2.05) is 36.4 Å². The van der Waals surface area contributed by atoms with Gasteiger partial charge in [0.15, 0.2) is 0 Å². The van der Waals surface area contributed by atoms with Crippen molar-refractivity contribution in [2.45, 2.75) is 62.9 Å². The fraction of sp³-hybridized carbons (Fsp3) is 0.462. The molecule has 182 valence electrons. The van der Waals surface area contributed by atoms with Crippen molar-refractivity contribution in [2.75, 3.05) is 19.6 Å². The summed E-state index contributed by atoms with van der Waals surface area (Å²) in [4.78, 5) is 26.9. The Balaban J connectivity index is 1.51. The molecule has 2 amide bonds. The van der Waals surface area contributed by atoms with Gasteiger partial charge in [-0.1, -0.05) is 50.2 Å². The predicted molar refractivity (Wildman–Crippen MR) is 131 cm³/mol. The fourth-order valence-electron chi connectivity index (χ4n) is 4.35. The summed E-state index contributed by atoms with van der Waals surface area (Å²) < 4.78 is 28.2. The molecule has 8 heteroatoms. The molecule has 0 unspecified atom stereocenters. The molecule has 1 saturated heterocycles. The summed E-state index contributed by atoms with van der Waals surface area (Å²) in [7, 11) is -3.89. The van der Waals surface area contributed by atoms with E-state index in [0.29, 0.717) is 11.8 Å². The van der Waals surface area contributed by atoms with Gasteiger partial charge in [-0.05, 0) is 53.5 Å². The van der Waals surface area contributed by atoms with E-state index in [2.05, 4.69) is 19.2 Å². The average Bonchev–Trinajstić information content (AvgIpc) is 3.68. The van der Waals surface area contributed by atoms with Gasteiger partial charge in [0.05, 0.1) is 4.90 Å². The monoisotopic (exact) mass is 483 g/mol. The highest BCUT2D eigenvalue weighted by molar-refractivity contribution is 7.89. The Kier molecular flexibility index (Phi) is 7.09. The van der Waals surface area contributed by atoms with Crippen LogP contribution in [0.3, 0.4) is 0 Å². The van der Waals surface area contributed by atoms with E-state index in [-0.39, 0.29) is 37.0 Å². The van der Waals surface area contributed by atoms with Crippen LogP contribution in [0.4, 0.5) is 0 Å². The van der Waals surface area contributed by atoms with E-state index < -0.39 is 22.0 Å². The molecule has 0 radical (unpaired) electrons. The fourth-order valence-corrected chi connectivity index (χ4v) is 5.92. The number of piperazine rings is 1. The van der Waals surface area contributed by atoms with E-state index in [1.54, 1.807) is 12.1 Å². The smallest absolute Gasteiger partial charge is 0.243 e. The van der Waals surface area contributed by atoms with Crippen LogP contribution >= 0.6 is 0 Å². The van der Waals surface area contributed by atoms with Gasteiger partial charge in [-0.25, -0.2) is 8.42 Å². The molecule has 1 saturated carbocycles. The lowest BCUT2D eigenvalue weighted by Gasteiger charge is -2.39. The number of rotatable bonds is 7. The van der Waals surface area contributed by atoms with Gasteiger partial charge in [0, 0.05) is 33.1 Å². The van der Waals surface area contributed by atoms with Crippen molar-refractivity contribution in [2.24, 2.45) is 0 Å². The van der Waals surface area contributed by atoms with Crippen LogP contribution < -0.4 is 5.32 Å². The second-order valence-electron chi connectivity index (χ2n) is 9.55. The largest absolute Gasteiger partial charge is 0.351 e. The highest BCUT2D eigenvalue weighted by Gasteiger charge is 2.40. The predicted octanol–water partition coefficient (Wildman–Crippen LogP) is 3.23. The zero-order valence-electron chi connectivity index (χ0n) is 20.0. The lowest BCUT2D eigenvalue weighted by molar-refractivity contribution is -0.134. The summed E-state index contributed by atoms with van der Waals surface area (Å²) in [6.07, 6.45) is 2.28. The topological polar surface area (TPSA) is 86.8 Å². The molecule has 1 heterocycles. The molecule has 0 bridgehead atoms. The molecule has 4 rings (SSSR count). The zero-order chi connectivity index (χ0) is 24.5. The number of sulfonamides is 1. The molecule has 2 aromatic rings. The number of hydrogen-bond donors (Lipinski definition) is 1. The van der Waals surface area contributed by atoms with Crippen LogP contribution in [0.1, 0.15) is 62.1 Å². The maximum atomic E-state index is 13.5. The van der Waals surface area contributed by atoms with Crippen LogP contribution in [-0.2, 0) is 26.2 Å². The maximum Gasteiger partial charge on any atom is 0.243 e. The Labute approximate surface area is 202 Å². The van der Waals surface area contributed by atoms with Gasteiger partial charge < -0.3 is 10.2 Å². The molecular formula is C26H33N3O4S. The first-order chi connectivity index (χ1) is 16.2. The molecule has 34 heavy (non-hydrogen) atoms. The third-order valence-corrected chi connectivity index (χ3v) is 8.65. The second-order valence-corrected chi connectivity index (χ2v) is 11.4. The van der Waals surface area contributed by atoms with Crippen molar-refractivity contribution in [1.82, 2.24) is 14.5 Å². The molecule has 2 aromatic carbocycles. The molecule has 2 fully saturated rings. The molecule has 0 aromatic heterocycles. The van der Waals surface area contributed by atoms with Crippen molar-refractivity contribution >= 4 is 21.8 Å². The van der Waals surface area contributed by atoms with Crippen LogP contribution in [0.5, 0.6) is 0 Å². The summed E-state index contributed by atoms with van der Waals surface area (Å²) >= 11 is 0. The first kappa shape index (κ1) is 24.4. The quantitative estimate of drug-likeness (QED) is 0.655. The van der Waals surface area contributed by atoms with Gasteiger partial charge in [-0.15, -0.1) is 0 Å². The third kappa shape index (κ3) is 5.33. The van der Waals surface area contributed by atoms with E-state index in [0.717, 1.165) is 24.0 Å². The normalized spacial score (nSPS) is 19.3. The summed E-state index contributed by atoms with van der Waals surface area (Å²) in [5.74, 6) is 0.370. The second kappa shape index (κ2) is 9.88. The summed E-state index contributed by atoms with van der Waals surface area (Å²) in [5, 5.41) is 2.88. The SMILES string of the molecule is CC(=O)N1CCN(S(=O)(=O)c2ccc(C3CC3)cc2)[C@@H](C(=O)NCc2ccc(C(C)C)cc2)C1. The number of carbonyl (C=O) groups excluding carboxylic acids is 2. The Morgan fingerprint density at radius 1 is 1.00 bits per heavy atom. The van der Waals surface area contributed by atoms with Crippen LogP contribution in [0.25, 0.3) is 0 Å². The minimum absolute atomic E-state index is 0.0346. The molecule has 1 aliphatic carbocycles. The maximum absolute atomic E-state index is 13.5. The Morgan fingerprint density at radius 2 is 1.65 bits per heavy atom. The number of nitrogens with zero attached hydrogens (tertiary/aromatic N) is 2. The molecule has 7 nitrogen and oxygen atoms in total. The van der Waals surface area contributed by atoms with Crippen molar-refractivity contribution < 1.29 is 18.0 Å². The average molecular weight is 484 g/mol. The first-order valence-electron chi connectivity index (χ1n) is 11.9. The Hall–Kier alpha value is -2.71. The molecule has 1 aliphatic heterocycles. The van der Waals surface area contributed by atoms with Crippen molar-refractivity contribution in [3.8, 4) is 0 Å². The Morgan fingerprint density at radius 3 is 2.21 bits per heavy atom. The number of nitrogens with one attached hydrogen (secondary N) is 1. The summed E-state index contributed by atoms with van der Waals surface area (Å²) in [5.41, 5.74) is 3.30. The van der Waals surface area contributed by atoms with Gasteiger partial charge in [0.2, 0.25) is 21.8 Å². The van der Waals surface area contributed by atoms with Crippen LogP contribution in [0.2, 0.25) is 0 Å². The van der Waals surface area contributed by atoms with E-state index >= 15 is 0 Å². The molecule has 0 spiro atoms. The number of carbonyl (C=O) groups is 2.